The fourth-order valence-corrected chi connectivity index (χ4v) is 2.10. The summed E-state index contributed by atoms with van der Waals surface area (Å²) in [4.78, 5) is 11.7. The summed E-state index contributed by atoms with van der Waals surface area (Å²) in [5.41, 5.74) is 1.65. The van der Waals surface area contributed by atoms with Gasteiger partial charge < -0.3 is 14.9 Å². The number of aryl methyl sites for hydroxylation is 2. The molecule has 0 atom stereocenters. The number of hydrogen-bond donors (Lipinski definition) is 2. The Labute approximate surface area is 100 Å². The van der Waals surface area contributed by atoms with Gasteiger partial charge in [0.1, 0.15) is 5.76 Å². The van der Waals surface area contributed by atoms with Crippen LogP contribution in [0.4, 0.5) is 0 Å². The number of carbonyl (C=O) groups is 1. The Hall–Kier alpha value is -1.36. The lowest BCUT2D eigenvalue weighted by Gasteiger charge is -2.31. The Balaban J connectivity index is 1.77. The van der Waals surface area contributed by atoms with Crippen molar-refractivity contribution >= 4 is 5.91 Å². The van der Waals surface area contributed by atoms with Crippen molar-refractivity contribution in [3.63, 3.8) is 0 Å². The molecule has 5 heteroatoms. The molecule has 1 fully saturated rings. The summed E-state index contributed by atoms with van der Waals surface area (Å²) < 4.78 is 5.01. The van der Waals surface area contributed by atoms with E-state index in [1.807, 2.05) is 13.8 Å². The summed E-state index contributed by atoms with van der Waals surface area (Å²) in [6.45, 7) is 4.30. The summed E-state index contributed by atoms with van der Waals surface area (Å²) in [7, 11) is 0. The number of amides is 1. The van der Waals surface area contributed by atoms with Crippen LogP contribution in [-0.2, 0) is 11.2 Å². The highest BCUT2D eigenvalue weighted by Gasteiger charge is 2.27. The van der Waals surface area contributed by atoms with Crippen LogP contribution >= 0.6 is 0 Å². The molecule has 1 aliphatic rings. The molecule has 2 rings (SSSR count). The third kappa shape index (κ3) is 2.85. The second kappa shape index (κ2) is 4.87. The van der Waals surface area contributed by atoms with Gasteiger partial charge in [-0.3, -0.25) is 4.79 Å². The van der Waals surface area contributed by atoms with E-state index >= 15 is 0 Å². The average Bonchev–Trinajstić information content (AvgIpc) is 2.54. The van der Waals surface area contributed by atoms with E-state index in [0.717, 1.165) is 24.1 Å². The van der Waals surface area contributed by atoms with Crippen LogP contribution in [0.3, 0.4) is 0 Å². The number of hydrogen-bond acceptors (Lipinski definition) is 4. The van der Waals surface area contributed by atoms with Crippen molar-refractivity contribution in [2.24, 2.45) is 5.92 Å². The van der Waals surface area contributed by atoms with Crippen LogP contribution in [0, 0.1) is 19.8 Å². The lowest BCUT2D eigenvalue weighted by Crippen LogP contribution is -2.38. The summed E-state index contributed by atoms with van der Waals surface area (Å²) in [6, 6.07) is 0. The van der Waals surface area contributed by atoms with E-state index in [0.29, 0.717) is 24.6 Å². The van der Waals surface area contributed by atoms with Gasteiger partial charge in [0.05, 0.1) is 18.2 Å². The molecule has 1 aromatic rings. The van der Waals surface area contributed by atoms with Crippen LogP contribution in [0.1, 0.15) is 29.9 Å². The molecule has 1 aliphatic carbocycles. The lowest BCUT2D eigenvalue weighted by atomic mass is 9.82. The van der Waals surface area contributed by atoms with E-state index in [9.17, 15) is 4.79 Å². The van der Waals surface area contributed by atoms with Crippen LogP contribution < -0.4 is 5.32 Å². The molecule has 0 bridgehead atoms. The molecular formula is C12H18N2O3. The lowest BCUT2D eigenvalue weighted by molar-refractivity contribution is -0.121. The first-order valence-corrected chi connectivity index (χ1v) is 5.92. The Morgan fingerprint density at radius 3 is 2.76 bits per heavy atom. The van der Waals surface area contributed by atoms with Crippen LogP contribution in [0.15, 0.2) is 4.52 Å². The van der Waals surface area contributed by atoms with Crippen molar-refractivity contribution < 1.29 is 14.4 Å². The van der Waals surface area contributed by atoms with Crippen molar-refractivity contribution in [3.8, 4) is 0 Å². The second-order valence-electron chi connectivity index (χ2n) is 4.77. The van der Waals surface area contributed by atoms with E-state index < -0.39 is 0 Å². The average molecular weight is 238 g/mol. The number of nitrogens with zero attached hydrogens (tertiary/aromatic N) is 1. The molecule has 1 saturated carbocycles. The van der Waals surface area contributed by atoms with E-state index in [1.54, 1.807) is 0 Å². The molecule has 0 unspecified atom stereocenters. The predicted octanol–water partition coefficient (Wildman–Crippen LogP) is 0.721. The molecule has 0 saturated heterocycles. The number of aliphatic hydroxyl groups excluding tert-OH is 1. The standard InChI is InChI=1S/C12H18N2O3/c1-7-11(8(2)17-14-7)5-12(16)13-6-9-3-10(15)4-9/h9-10,15H,3-6H2,1-2H3,(H,13,16). The fourth-order valence-electron chi connectivity index (χ4n) is 2.10. The minimum absolute atomic E-state index is 0.0132. The Kier molecular flexibility index (Phi) is 3.47. The second-order valence-corrected chi connectivity index (χ2v) is 4.77. The summed E-state index contributed by atoms with van der Waals surface area (Å²) in [6.07, 6.45) is 1.74. The van der Waals surface area contributed by atoms with E-state index in [-0.39, 0.29) is 12.0 Å². The third-order valence-corrected chi connectivity index (χ3v) is 3.32. The smallest absolute Gasteiger partial charge is 0.224 e. The zero-order valence-electron chi connectivity index (χ0n) is 10.2. The molecule has 5 nitrogen and oxygen atoms in total. The first-order valence-electron chi connectivity index (χ1n) is 5.92. The topological polar surface area (TPSA) is 75.4 Å². The predicted molar refractivity (Wildman–Crippen MR) is 61.4 cm³/mol. The van der Waals surface area contributed by atoms with E-state index in [4.69, 9.17) is 9.63 Å². The van der Waals surface area contributed by atoms with Gasteiger partial charge in [0, 0.05) is 12.1 Å². The maximum absolute atomic E-state index is 11.7. The zero-order chi connectivity index (χ0) is 12.4. The number of aromatic nitrogens is 1. The first-order chi connectivity index (χ1) is 8.06. The van der Waals surface area contributed by atoms with Crippen LogP contribution in [-0.4, -0.2) is 28.8 Å². The highest BCUT2D eigenvalue weighted by atomic mass is 16.5. The summed E-state index contributed by atoms with van der Waals surface area (Å²) in [5.74, 6) is 1.12. The molecule has 0 aromatic carbocycles. The molecule has 94 valence electrons. The van der Waals surface area contributed by atoms with Crippen molar-refractivity contribution in [2.75, 3.05) is 6.54 Å². The van der Waals surface area contributed by atoms with Crippen LogP contribution in [0.5, 0.6) is 0 Å². The largest absolute Gasteiger partial charge is 0.393 e. The van der Waals surface area contributed by atoms with Crippen LogP contribution in [0.2, 0.25) is 0 Å². The highest BCUT2D eigenvalue weighted by Crippen LogP contribution is 2.26. The van der Waals surface area contributed by atoms with Gasteiger partial charge in [-0.05, 0) is 32.6 Å². The van der Waals surface area contributed by atoms with Gasteiger partial charge in [0.2, 0.25) is 5.91 Å². The monoisotopic (exact) mass is 238 g/mol. The molecule has 1 amide bonds. The minimum atomic E-state index is -0.167. The first kappa shape index (κ1) is 12.1. The number of carbonyl (C=O) groups excluding carboxylic acids is 1. The molecule has 1 heterocycles. The maximum Gasteiger partial charge on any atom is 0.224 e. The Bertz CT molecular complexity index is 388. The normalized spacial score (nSPS) is 23.2. The van der Waals surface area contributed by atoms with Gasteiger partial charge in [0.15, 0.2) is 0 Å². The molecule has 0 spiro atoms. The quantitative estimate of drug-likeness (QED) is 0.810. The van der Waals surface area contributed by atoms with Gasteiger partial charge in [0.25, 0.3) is 0 Å². The minimum Gasteiger partial charge on any atom is -0.393 e. The zero-order valence-corrected chi connectivity index (χ0v) is 10.2. The summed E-state index contributed by atoms with van der Waals surface area (Å²) in [5, 5.41) is 15.8. The van der Waals surface area contributed by atoms with Crippen molar-refractivity contribution in [3.05, 3.63) is 17.0 Å². The van der Waals surface area contributed by atoms with E-state index in [2.05, 4.69) is 10.5 Å². The SMILES string of the molecule is Cc1noc(C)c1CC(=O)NCC1CC(O)C1. The molecule has 0 radical (unpaired) electrons. The van der Waals surface area contributed by atoms with Crippen molar-refractivity contribution in [1.29, 1.82) is 0 Å². The Morgan fingerprint density at radius 1 is 1.53 bits per heavy atom. The van der Waals surface area contributed by atoms with Crippen molar-refractivity contribution in [1.82, 2.24) is 10.5 Å². The molecule has 0 aliphatic heterocycles. The summed E-state index contributed by atoms with van der Waals surface area (Å²) >= 11 is 0. The molecule has 2 N–H and O–H groups in total. The van der Waals surface area contributed by atoms with Crippen molar-refractivity contribution in [2.45, 2.75) is 39.2 Å². The number of aliphatic hydroxyl groups is 1. The molecule has 17 heavy (non-hydrogen) atoms. The molecule has 1 aromatic heterocycles. The number of rotatable bonds is 4. The van der Waals surface area contributed by atoms with Gasteiger partial charge in [-0.15, -0.1) is 0 Å². The van der Waals surface area contributed by atoms with Crippen LogP contribution in [0.25, 0.3) is 0 Å². The van der Waals surface area contributed by atoms with E-state index in [1.165, 1.54) is 0 Å². The molecular weight excluding hydrogens is 220 g/mol. The van der Waals surface area contributed by atoms with Gasteiger partial charge in [-0.1, -0.05) is 5.16 Å². The maximum atomic E-state index is 11.7. The Morgan fingerprint density at radius 2 is 2.24 bits per heavy atom. The van der Waals surface area contributed by atoms with Gasteiger partial charge in [-0.2, -0.15) is 0 Å². The highest BCUT2D eigenvalue weighted by molar-refractivity contribution is 5.78. The van der Waals surface area contributed by atoms with Gasteiger partial charge >= 0.3 is 0 Å². The third-order valence-electron chi connectivity index (χ3n) is 3.32. The fraction of sp³-hybridized carbons (Fsp3) is 0.667. The van der Waals surface area contributed by atoms with Gasteiger partial charge in [-0.25, -0.2) is 0 Å². The number of nitrogens with one attached hydrogen (secondary N) is 1.